The van der Waals surface area contributed by atoms with E-state index in [9.17, 15) is 18.4 Å². The summed E-state index contributed by atoms with van der Waals surface area (Å²) >= 11 is 6.19. The van der Waals surface area contributed by atoms with E-state index >= 15 is 0 Å². The lowest BCUT2D eigenvalue weighted by atomic mass is 10.0. The summed E-state index contributed by atoms with van der Waals surface area (Å²) in [6.07, 6.45) is 6.05. The zero-order chi connectivity index (χ0) is 28.0. The average molecular weight is 571 g/mol. The molecule has 2 fully saturated rings. The van der Waals surface area contributed by atoms with E-state index in [4.69, 9.17) is 16.3 Å². The van der Waals surface area contributed by atoms with Crippen molar-refractivity contribution in [3.05, 3.63) is 59.6 Å². The van der Waals surface area contributed by atoms with Crippen LogP contribution in [-0.4, -0.2) is 85.8 Å². The number of carbonyl (C=O) groups is 2. The Bertz CT molecular complexity index is 1580. The Kier molecular flexibility index (Phi) is 6.84. The van der Waals surface area contributed by atoms with Crippen LogP contribution in [0.2, 0.25) is 5.02 Å². The SMILES string of the molecule is CN1C[C@@H]2CN(C(=O)Cn3cc(NC(=O)c4cnn5cccnc45)c(-c4cc(Cl)ccc4OC(F)F)n3)C[C@@H]2C1. The maximum Gasteiger partial charge on any atom is 0.387 e. The molecule has 14 heteroatoms. The van der Waals surface area contributed by atoms with E-state index in [-0.39, 0.29) is 45.7 Å². The Labute approximate surface area is 232 Å². The molecular formula is C26H25ClF2N8O3. The summed E-state index contributed by atoms with van der Waals surface area (Å²) in [6.45, 7) is 0.0668. The van der Waals surface area contributed by atoms with Gasteiger partial charge in [0.15, 0.2) is 5.65 Å². The minimum Gasteiger partial charge on any atom is -0.434 e. The predicted molar refractivity (Wildman–Crippen MR) is 141 cm³/mol. The van der Waals surface area contributed by atoms with Crippen LogP contribution in [0.25, 0.3) is 16.9 Å². The summed E-state index contributed by atoms with van der Waals surface area (Å²) in [6, 6.07) is 5.80. The molecular weight excluding hydrogens is 546 g/mol. The van der Waals surface area contributed by atoms with Gasteiger partial charge in [-0.3, -0.25) is 14.3 Å². The van der Waals surface area contributed by atoms with Crippen LogP contribution >= 0.6 is 11.6 Å². The van der Waals surface area contributed by atoms with Crippen LogP contribution in [-0.2, 0) is 11.3 Å². The molecule has 40 heavy (non-hydrogen) atoms. The van der Waals surface area contributed by atoms with Crippen molar-refractivity contribution < 1.29 is 23.1 Å². The number of carbonyl (C=O) groups excluding carboxylic acids is 2. The molecule has 0 spiro atoms. The van der Waals surface area contributed by atoms with Crippen LogP contribution in [0.1, 0.15) is 10.4 Å². The van der Waals surface area contributed by atoms with Crippen molar-refractivity contribution in [2.45, 2.75) is 13.2 Å². The number of hydrogen-bond acceptors (Lipinski definition) is 7. The van der Waals surface area contributed by atoms with E-state index in [1.165, 1.54) is 46.0 Å². The van der Waals surface area contributed by atoms with Crippen molar-refractivity contribution in [1.29, 1.82) is 0 Å². The van der Waals surface area contributed by atoms with E-state index in [1.807, 2.05) is 4.90 Å². The lowest BCUT2D eigenvalue weighted by Crippen LogP contribution is -2.34. The second-order valence-corrected chi connectivity index (χ2v) is 10.5. The van der Waals surface area contributed by atoms with Crippen LogP contribution in [0.5, 0.6) is 5.75 Å². The number of hydrogen-bond donors (Lipinski definition) is 1. The molecule has 0 aliphatic carbocycles. The maximum absolute atomic E-state index is 13.3. The van der Waals surface area contributed by atoms with Crippen molar-refractivity contribution >= 4 is 34.7 Å². The Morgan fingerprint density at radius 3 is 2.73 bits per heavy atom. The molecule has 4 aromatic rings. The van der Waals surface area contributed by atoms with E-state index in [1.54, 1.807) is 12.3 Å². The summed E-state index contributed by atoms with van der Waals surface area (Å²) < 4.78 is 34.0. The molecule has 2 amide bonds. The Balaban J connectivity index is 1.32. The molecule has 5 heterocycles. The van der Waals surface area contributed by atoms with Crippen molar-refractivity contribution in [2.75, 3.05) is 38.5 Å². The molecule has 3 aromatic heterocycles. The van der Waals surface area contributed by atoms with Crippen molar-refractivity contribution in [3.63, 3.8) is 0 Å². The third-order valence-electron chi connectivity index (χ3n) is 7.27. The van der Waals surface area contributed by atoms with Gasteiger partial charge in [0.2, 0.25) is 5.91 Å². The number of benzene rings is 1. The second-order valence-electron chi connectivity index (χ2n) is 10.0. The van der Waals surface area contributed by atoms with Crippen LogP contribution in [0, 0.1) is 11.8 Å². The van der Waals surface area contributed by atoms with Crippen molar-refractivity contribution in [2.24, 2.45) is 11.8 Å². The molecule has 0 saturated carbocycles. The number of likely N-dealkylation sites (tertiary alicyclic amines) is 2. The van der Waals surface area contributed by atoms with Crippen molar-refractivity contribution in [1.82, 2.24) is 34.2 Å². The number of ether oxygens (including phenoxy) is 1. The number of halogens is 3. The fourth-order valence-corrected chi connectivity index (χ4v) is 5.70. The number of alkyl halides is 2. The third-order valence-corrected chi connectivity index (χ3v) is 7.50. The van der Waals surface area contributed by atoms with Crippen LogP contribution < -0.4 is 10.1 Å². The van der Waals surface area contributed by atoms with Gasteiger partial charge in [0, 0.05) is 55.4 Å². The summed E-state index contributed by atoms with van der Waals surface area (Å²) in [5.41, 5.74) is 0.946. The number of aromatic nitrogens is 5. The topological polar surface area (TPSA) is 110 Å². The number of anilines is 1. The first-order valence-corrected chi connectivity index (χ1v) is 13.0. The van der Waals surface area contributed by atoms with Gasteiger partial charge < -0.3 is 19.9 Å². The fourth-order valence-electron chi connectivity index (χ4n) is 5.53. The Morgan fingerprint density at radius 1 is 1.20 bits per heavy atom. The summed E-state index contributed by atoms with van der Waals surface area (Å²) in [5.74, 6) is 0.0381. The van der Waals surface area contributed by atoms with Gasteiger partial charge in [-0.15, -0.1) is 0 Å². The minimum atomic E-state index is -3.10. The van der Waals surface area contributed by atoms with Crippen LogP contribution in [0.4, 0.5) is 14.5 Å². The Hall–Kier alpha value is -4.10. The molecule has 6 rings (SSSR count). The first-order chi connectivity index (χ1) is 19.2. The van der Waals surface area contributed by atoms with Gasteiger partial charge >= 0.3 is 6.61 Å². The number of nitrogens with zero attached hydrogens (tertiary/aromatic N) is 7. The quantitative estimate of drug-likeness (QED) is 0.363. The lowest BCUT2D eigenvalue weighted by Gasteiger charge is -2.19. The first-order valence-electron chi connectivity index (χ1n) is 12.6. The normalized spacial score (nSPS) is 19.0. The molecule has 0 bridgehead atoms. The van der Waals surface area contributed by atoms with Gasteiger partial charge in [0.05, 0.1) is 11.9 Å². The van der Waals surface area contributed by atoms with E-state index < -0.39 is 12.5 Å². The molecule has 0 unspecified atom stereocenters. The van der Waals surface area contributed by atoms with Gasteiger partial charge in [-0.1, -0.05) is 11.6 Å². The number of amides is 2. The second kappa shape index (κ2) is 10.5. The average Bonchev–Trinajstić information content (AvgIpc) is 3.67. The highest BCUT2D eigenvalue weighted by Gasteiger charge is 2.40. The largest absolute Gasteiger partial charge is 0.434 e. The number of fused-ring (bicyclic) bond motifs is 2. The highest BCUT2D eigenvalue weighted by molar-refractivity contribution is 6.31. The standard InChI is InChI=1S/C26H25ClF2N8O3/c1-34-9-15-11-35(12-16(15)10-34)22(38)14-36-13-20(32-25(39)19-8-31-37-6-2-5-30-24(19)37)23(33-36)18-7-17(27)3-4-21(18)40-26(28)29/h2-8,13,15-16,26H,9-12,14H2,1H3,(H,32,39)/t15-,16+. The summed E-state index contributed by atoms with van der Waals surface area (Å²) in [7, 11) is 2.08. The highest BCUT2D eigenvalue weighted by Crippen LogP contribution is 2.37. The van der Waals surface area contributed by atoms with E-state index in [0.29, 0.717) is 30.6 Å². The minimum absolute atomic E-state index is 0.0952. The lowest BCUT2D eigenvalue weighted by molar-refractivity contribution is -0.131. The smallest absolute Gasteiger partial charge is 0.387 e. The monoisotopic (exact) mass is 570 g/mol. The van der Waals surface area contributed by atoms with Crippen LogP contribution in [0.3, 0.4) is 0 Å². The number of rotatable bonds is 7. The molecule has 1 N–H and O–H groups in total. The molecule has 208 valence electrons. The molecule has 2 aliphatic heterocycles. The van der Waals surface area contributed by atoms with E-state index in [0.717, 1.165) is 13.1 Å². The molecule has 1 aromatic carbocycles. The van der Waals surface area contributed by atoms with Gasteiger partial charge in [-0.2, -0.15) is 19.0 Å². The predicted octanol–water partition coefficient (Wildman–Crippen LogP) is 3.12. The molecule has 2 atom stereocenters. The first kappa shape index (κ1) is 26.1. The maximum atomic E-state index is 13.3. The van der Waals surface area contributed by atoms with Gasteiger partial charge in [-0.05, 0) is 43.1 Å². The summed E-state index contributed by atoms with van der Waals surface area (Å²) in [4.78, 5) is 34.8. The van der Waals surface area contributed by atoms with Gasteiger partial charge in [-0.25, -0.2) is 9.50 Å². The Morgan fingerprint density at radius 2 is 1.98 bits per heavy atom. The zero-order valence-corrected chi connectivity index (χ0v) is 22.1. The zero-order valence-electron chi connectivity index (χ0n) is 21.4. The molecule has 2 saturated heterocycles. The van der Waals surface area contributed by atoms with Gasteiger partial charge in [0.25, 0.3) is 5.91 Å². The molecule has 11 nitrogen and oxygen atoms in total. The van der Waals surface area contributed by atoms with Crippen LogP contribution in [0.15, 0.2) is 49.1 Å². The van der Waals surface area contributed by atoms with E-state index in [2.05, 4.69) is 32.4 Å². The highest BCUT2D eigenvalue weighted by atomic mass is 35.5. The summed E-state index contributed by atoms with van der Waals surface area (Å²) in [5, 5.41) is 11.7. The fraction of sp³-hybridized carbons (Fsp3) is 0.346. The molecule has 0 radical (unpaired) electrons. The third kappa shape index (κ3) is 5.09. The molecule has 2 aliphatic rings. The van der Waals surface area contributed by atoms with Crippen molar-refractivity contribution in [3.8, 4) is 17.0 Å². The number of nitrogens with one attached hydrogen (secondary N) is 1. The van der Waals surface area contributed by atoms with Gasteiger partial charge in [0.1, 0.15) is 23.6 Å².